The Labute approximate surface area is 164 Å². The van der Waals surface area contributed by atoms with E-state index in [-0.39, 0.29) is 28.6 Å². The van der Waals surface area contributed by atoms with E-state index in [9.17, 15) is 22.0 Å². The molecule has 0 radical (unpaired) electrons. The van der Waals surface area contributed by atoms with Gasteiger partial charge >= 0.3 is 5.97 Å². The summed E-state index contributed by atoms with van der Waals surface area (Å²) in [5, 5.41) is 1.10. The fourth-order valence-electron chi connectivity index (χ4n) is 3.18. The van der Waals surface area contributed by atoms with Crippen molar-refractivity contribution in [1.82, 2.24) is 0 Å². The topological polar surface area (TPSA) is 63.7 Å². The zero-order valence-electron chi connectivity index (χ0n) is 14.2. The van der Waals surface area contributed by atoms with E-state index in [1.165, 1.54) is 6.07 Å². The average molecular weight is 424 g/mol. The van der Waals surface area contributed by atoms with E-state index in [0.29, 0.717) is 23.2 Å². The van der Waals surface area contributed by atoms with Gasteiger partial charge in [0.1, 0.15) is 6.61 Å². The molecule has 0 saturated carbocycles. The Morgan fingerprint density at radius 1 is 1.07 bits per heavy atom. The lowest BCUT2D eigenvalue weighted by molar-refractivity contribution is 0.0517. The quantitative estimate of drug-likeness (QED) is 0.467. The molecule has 9 heteroatoms. The minimum absolute atomic E-state index is 0.136. The van der Waals surface area contributed by atoms with Crippen molar-refractivity contribution in [2.75, 3.05) is 17.5 Å². The van der Waals surface area contributed by atoms with Gasteiger partial charge in [-0.3, -0.25) is 4.31 Å². The Balaban J connectivity index is 1.54. The van der Waals surface area contributed by atoms with Crippen LogP contribution >= 0.6 is 11.6 Å². The van der Waals surface area contributed by atoms with Crippen LogP contribution in [0.1, 0.15) is 10.4 Å². The van der Waals surface area contributed by atoms with E-state index in [0.717, 1.165) is 9.69 Å². The minimum atomic E-state index is -3.78. The molecule has 1 aliphatic heterocycles. The van der Waals surface area contributed by atoms with Crippen LogP contribution in [0, 0.1) is 11.6 Å². The van der Waals surface area contributed by atoms with Crippen LogP contribution in [-0.2, 0) is 14.8 Å². The van der Waals surface area contributed by atoms with Crippen LogP contribution in [0.4, 0.5) is 14.5 Å². The van der Waals surface area contributed by atoms with Crippen molar-refractivity contribution in [1.29, 1.82) is 0 Å². The van der Waals surface area contributed by atoms with E-state index in [2.05, 4.69) is 0 Å². The number of carbonyl (C=O) groups excluding carboxylic acids is 1. The number of rotatable bonds is 4. The number of ether oxygens (including phenoxy) is 1. The van der Waals surface area contributed by atoms with Gasteiger partial charge in [-0.25, -0.2) is 22.0 Å². The third-order valence-corrected chi connectivity index (χ3v) is 6.61. The number of hydrogen-bond donors (Lipinski definition) is 0. The molecule has 0 amide bonds. The monoisotopic (exact) mass is 423 g/mol. The Hall–Kier alpha value is -2.71. The van der Waals surface area contributed by atoms with Crippen molar-refractivity contribution in [2.24, 2.45) is 0 Å². The normalized spacial score (nSPS) is 14.5. The van der Waals surface area contributed by atoms with Gasteiger partial charge in [0.2, 0.25) is 0 Å². The van der Waals surface area contributed by atoms with Gasteiger partial charge in [-0.15, -0.1) is 0 Å². The molecule has 4 rings (SSSR count). The highest BCUT2D eigenvalue weighted by Crippen LogP contribution is 2.41. The summed E-state index contributed by atoms with van der Waals surface area (Å²) in [4.78, 5) is 12.3. The molecule has 1 aliphatic rings. The van der Waals surface area contributed by atoms with Gasteiger partial charge in [0.05, 0.1) is 27.7 Å². The third-order valence-electron chi connectivity index (χ3n) is 4.44. The van der Waals surface area contributed by atoms with Crippen LogP contribution in [0.2, 0.25) is 5.02 Å². The third kappa shape index (κ3) is 2.89. The van der Waals surface area contributed by atoms with E-state index in [4.69, 9.17) is 16.3 Å². The van der Waals surface area contributed by atoms with Crippen molar-refractivity contribution >= 4 is 44.1 Å². The van der Waals surface area contributed by atoms with Crippen molar-refractivity contribution in [3.8, 4) is 0 Å². The average Bonchev–Trinajstić information content (AvgIpc) is 2.88. The van der Waals surface area contributed by atoms with Crippen LogP contribution in [0.25, 0.3) is 10.8 Å². The summed E-state index contributed by atoms with van der Waals surface area (Å²) >= 11 is 5.75. The standard InChI is InChI=1S/C19H12ClF2NO4S/c20-13-10-15(22)14(21)9-12(13)19(24)27-8-7-23-16-5-1-3-11-4-2-6-17(18(11)16)28(23,25)26/h1-6,9-10H,7-8H2. The second-order valence-electron chi connectivity index (χ2n) is 6.09. The number of sulfonamides is 1. The minimum Gasteiger partial charge on any atom is -0.460 e. The smallest absolute Gasteiger partial charge is 0.339 e. The van der Waals surface area contributed by atoms with Crippen LogP contribution in [0.5, 0.6) is 0 Å². The summed E-state index contributed by atoms with van der Waals surface area (Å²) < 4.78 is 58.3. The fraction of sp³-hybridized carbons (Fsp3) is 0.105. The van der Waals surface area contributed by atoms with Gasteiger partial charge in [-0.1, -0.05) is 35.9 Å². The molecule has 0 N–H and O–H groups in total. The number of anilines is 1. The molecule has 0 atom stereocenters. The molecule has 1 heterocycles. The summed E-state index contributed by atoms with van der Waals surface area (Å²) in [5.74, 6) is -3.40. The largest absolute Gasteiger partial charge is 0.460 e. The molecule has 0 bridgehead atoms. The number of nitrogens with zero attached hydrogens (tertiary/aromatic N) is 1. The van der Waals surface area contributed by atoms with Gasteiger partial charge in [0.25, 0.3) is 10.0 Å². The number of hydrogen-bond acceptors (Lipinski definition) is 4. The second kappa shape index (κ2) is 6.72. The van der Waals surface area contributed by atoms with Crippen molar-refractivity contribution in [3.63, 3.8) is 0 Å². The van der Waals surface area contributed by atoms with Crippen molar-refractivity contribution in [2.45, 2.75) is 4.90 Å². The number of carbonyl (C=O) groups is 1. The molecule has 0 spiro atoms. The van der Waals surface area contributed by atoms with Crippen LogP contribution in [-0.4, -0.2) is 27.5 Å². The molecule has 3 aromatic rings. The van der Waals surface area contributed by atoms with E-state index in [1.807, 2.05) is 12.1 Å². The molecule has 28 heavy (non-hydrogen) atoms. The first-order valence-corrected chi connectivity index (χ1v) is 9.98. The van der Waals surface area contributed by atoms with Gasteiger partial charge in [0, 0.05) is 5.39 Å². The molecule has 0 aliphatic carbocycles. The fourth-order valence-corrected chi connectivity index (χ4v) is 5.10. The van der Waals surface area contributed by atoms with Crippen LogP contribution in [0.15, 0.2) is 53.4 Å². The maximum absolute atomic E-state index is 13.3. The summed E-state index contributed by atoms with van der Waals surface area (Å²) in [6, 6.07) is 11.5. The summed E-state index contributed by atoms with van der Waals surface area (Å²) in [6.45, 7) is -0.430. The number of benzene rings is 3. The first kappa shape index (κ1) is 18.6. The SMILES string of the molecule is O=C(OCCN1c2cccc3cccc(c23)S1(=O)=O)c1cc(F)c(F)cc1Cl. The second-order valence-corrected chi connectivity index (χ2v) is 8.33. The summed E-state index contributed by atoms with van der Waals surface area (Å²) in [5.41, 5.74) is 0.158. The molecule has 5 nitrogen and oxygen atoms in total. The molecule has 144 valence electrons. The zero-order valence-corrected chi connectivity index (χ0v) is 15.7. The Morgan fingerprint density at radius 2 is 1.75 bits per heavy atom. The molecule has 0 fully saturated rings. The van der Waals surface area contributed by atoms with Crippen LogP contribution < -0.4 is 4.31 Å². The van der Waals surface area contributed by atoms with E-state index < -0.39 is 27.6 Å². The van der Waals surface area contributed by atoms with Gasteiger partial charge in [-0.2, -0.15) is 0 Å². The molecule has 0 saturated heterocycles. The lowest BCUT2D eigenvalue weighted by Crippen LogP contribution is -2.31. The Kier molecular flexibility index (Phi) is 4.47. The van der Waals surface area contributed by atoms with Gasteiger partial charge in [-0.05, 0) is 29.7 Å². The molecule has 3 aromatic carbocycles. The predicted octanol–water partition coefficient (Wildman–Crippen LogP) is 4.14. The first-order valence-electron chi connectivity index (χ1n) is 8.17. The maximum atomic E-state index is 13.3. The summed E-state index contributed by atoms with van der Waals surface area (Å²) in [6.07, 6.45) is 0. The lowest BCUT2D eigenvalue weighted by atomic mass is 10.1. The van der Waals surface area contributed by atoms with Crippen molar-refractivity contribution < 1.29 is 26.7 Å². The van der Waals surface area contributed by atoms with Gasteiger partial charge in [0.15, 0.2) is 11.6 Å². The zero-order chi connectivity index (χ0) is 20.1. The van der Waals surface area contributed by atoms with E-state index in [1.54, 1.807) is 18.2 Å². The highest BCUT2D eigenvalue weighted by Gasteiger charge is 2.35. The lowest BCUT2D eigenvalue weighted by Gasteiger charge is -2.18. The molecular weight excluding hydrogens is 412 g/mol. The molecule has 0 aromatic heterocycles. The Morgan fingerprint density at radius 3 is 2.50 bits per heavy atom. The first-order chi connectivity index (χ1) is 13.3. The highest BCUT2D eigenvalue weighted by molar-refractivity contribution is 7.93. The molecule has 0 unspecified atom stereocenters. The van der Waals surface area contributed by atoms with Crippen LogP contribution in [0.3, 0.4) is 0 Å². The van der Waals surface area contributed by atoms with E-state index >= 15 is 0 Å². The maximum Gasteiger partial charge on any atom is 0.339 e. The Bertz CT molecular complexity index is 1220. The van der Waals surface area contributed by atoms with Gasteiger partial charge < -0.3 is 4.74 Å². The number of esters is 1. The van der Waals surface area contributed by atoms with Crippen molar-refractivity contribution in [3.05, 3.63) is 70.8 Å². The summed E-state index contributed by atoms with van der Waals surface area (Å²) in [7, 11) is -3.78. The number of halogens is 3. The predicted molar refractivity (Wildman–Crippen MR) is 100 cm³/mol. The molecular formula is C19H12ClF2NO4S. The highest BCUT2D eigenvalue weighted by atomic mass is 35.5.